The van der Waals surface area contributed by atoms with Crippen molar-refractivity contribution in [3.05, 3.63) is 76.9 Å². The van der Waals surface area contributed by atoms with E-state index in [0.29, 0.717) is 0 Å². The smallest absolute Gasteiger partial charge is 0.00302 e. The molecule has 0 fully saturated rings. The Morgan fingerprint density at radius 3 is 1.63 bits per heavy atom. The van der Waals surface area contributed by atoms with Gasteiger partial charge in [0.25, 0.3) is 0 Å². The van der Waals surface area contributed by atoms with Gasteiger partial charge in [-0.25, -0.2) is 0 Å². The molecule has 0 nitrogen and oxygen atoms in total. The molecule has 0 amide bonds. The number of aryl methyl sites for hydroxylation is 2. The molecule has 2 aromatic rings. The Hall–Kier alpha value is -1.09. The minimum Gasteiger partial charge on any atom is -0.0860 e. The molecule has 0 heterocycles. The molecule has 2 aromatic carbocycles. The van der Waals surface area contributed by atoms with E-state index in [1.54, 1.807) is 0 Å². The minimum absolute atomic E-state index is 1.11. The van der Waals surface area contributed by atoms with Crippen LogP contribution in [0.2, 0.25) is 0 Å². The first-order valence-electron chi connectivity index (χ1n) is 6.61. The molecule has 0 aromatic heterocycles. The predicted octanol–water partition coefficient (Wildman–Crippen LogP) is 5.56. The van der Waals surface area contributed by atoms with Crippen molar-refractivity contribution in [2.75, 3.05) is 4.43 Å². The van der Waals surface area contributed by atoms with E-state index >= 15 is 0 Å². The highest BCUT2D eigenvalue weighted by Crippen LogP contribution is 2.25. The zero-order valence-electron chi connectivity index (χ0n) is 11.5. The maximum Gasteiger partial charge on any atom is 0.00302 e. The third-order valence-corrected chi connectivity index (χ3v) is 3.81. The molecule has 0 radical (unpaired) electrons. The molecule has 0 N–H and O–H groups in total. The maximum atomic E-state index is 2.43. The number of allylic oxidation sites excluding steroid dienone is 1. The second kappa shape index (κ2) is 6.90. The summed E-state index contributed by atoms with van der Waals surface area (Å²) in [6, 6.07) is 17.6. The molecule has 0 aliphatic heterocycles. The molecular formula is C18H19I. The molecule has 19 heavy (non-hydrogen) atoms. The Morgan fingerprint density at radius 2 is 1.26 bits per heavy atom. The molecule has 2 rings (SSSR count). The van der Waals surface area contributed by atoms with Gasteiger partial charge in [0.15, 0.2) is 0 Å². The highest BCUT2D eigenvalue weighted by molar-refractivity contribution is 14.1. The molecule has 0 aliphatic carbocycles. The normalized spacial score (nSPS) is 10.3. The predicted molar refractivity (Wildman–Crippen MR) is 92.9 cm³/mol. The zero-order chi connectivity index (χ0) is 13.7. The highest BCUT2D eigenvalue weighted by Gasteiger charge is 2.04. The van der Waals surface area contributed by atoms with Gasteiger partial charge in [-0.1, -0.05) is 88.3 Å². The van der Waals surface area contributed by atoms with Crippen molar-refractivity contribution < 1.29 is 0 Å². The fourth-order valence-electron chi connectivity index (χ4n) is 2.07. The Bertz CT molecular complexity index is 500. The van der Waals surface area contributed by atoms with E-state index in [4.69, 9.17) is 0 Å². The first kappa shape index (κ1) is 14.3. The number of hydrogen-bond donors (Lipinski definition) is 0. The van der Waals surface area contributed by atoms with E-state index in [1.165, 1.54) is 27.8 Å². The van der Waals surface area contributed by atoms with E-state index in [1.807, 2.05) is 0 Å². The number of alkyl halides is 1. The Balaban J connectivity index is 2.41. The van der Waals surface area contributed by atoms with E-state index in [9.17, 15) is 0 Å². The van der Waals surface area contributed by atoms with E-state index < -0.39 is 0 Å². The minimum atomic E-state index is 1.11. The molecule has 98 valence electrons. The van der Waals surface area contributed by atoms with Crippen molar-refractivity contribution in [3.63, 3.8) is 0 Å². The van der Waals surface area contributed by atoms with Gasteiger partial charge < -0.3 is 0 Å². The fraction of sp³-hybridized carbons (Fsp3) is 0.222. The Kier molecular flexibility index (Phi) is 5.20. The van der Waals surface area contributed by atoms with Crippen LogP contribution in [0.3, 0.4) is 0 Å². The van der Waals surface area contributed by atoms with Gasteiger partial charge in [-0.2, -0.15) is 0 Å². The quantitative estimate of drug-likeness (QED) is 0.493. The molecule has 0 spiro atoms. The molecule has 0 aliphatic rings. The van der Waals surface area contributed by atoms with Crippen LogP contribution in [-0.2, 0) is 0 Å². The molecular weight excluding hydrogens is 343 g/mol. The van der Waals surface area contributed by atoms with Crippen LogP contribution < -0.4 is 0 Å². The van der Waals surface area contributed by atoms with Crippen molar-refractivity contribution in [1.29, 1.82) is 0 Å². The van der Waals surface area contributed by atoms with Crippen molar-refractivity contribution in [3.8, 4) is 0 Å². The average molecular weight is 362 g/mol. The fourth-order valence-corrected chi connectivity index (χ4v) is 2.38. The van der Waals surface area contributed by atoms with Crippen LogP contribution >= 0.6 is 22.6 Å². The third-order valence-electron chi connectivity index (χ3n) is 3.18. The number of benzene rings is 2. The molecule has 0 atom stereocenters. The third kappa shape index (κ3) is 3.93. The van der Waals surface area contributed by atoms with Crippen molar-refractivity contribution in [1.82, 2.24) is 0 Å². The second-order valence-corrected chi connectivity index (χ2v) is 5.91. The summed E-state index contributed by atoms with van der Waals surface area (Å²) in [5.74, 6) is 0. The van der Waals surface area contributed by atoms with Gasteiger partial charge in [0.05, 0.1) is 0 Å². The molecule has 0 saturated carbocycles. The van der Waals surface area contributed by atoms with Crippen LogP contribution in [0.15, 0.2) is 54.6 Å². The van der Waals surface area contributed by atoms with Gasteiger partial charge in [-0.3, -0.25) is 0 Å². The van der Waals surface area contributed by atoms with Gasteiger partial charge >= 0.3 is 0 Å². The Labute approximate surface area is 129 Å². The zero-order valence-corrected chi connectivity index (χ0v) is 13.6. The molecule has 0 saturated heterocycles. The van der Waals surface area contributed by atoms with E-state index in [0.717, 1.165) is 10.8 Å². The summed E-state index contributed by atoms with van der Waals surface area (Å²) in [4.78, 5) is 0. The van der Waals surface area contributed by atoms with Crippen LogP contribution in [0.1, 0.15) is 28.7 Å². The van der Waals surface area contributed by atoms with E-state index in [2.05, 4.69) is 91.0 Å². The SMILES string of the molecule is Cc1ccc(C(=CCCI)c2ccc(C)cc2)cc1. The lowest BCUT2D eigenvalue weighted by Gasteiger charge is -2.09. The highest BCUT2D eigenvalue weighted by atomic mass is 127. The Morgan fingerprint density at radius 1 is 0.842 bits per heavy atom. The van der Waals surface area contributed by atoms with Crippen LogP contribution in [0, 0.1) is 13.8 Å². The standard InChI is InChI=1S/C18H19I/c1-14-5-9-16(10-6-14)18(4-3-13-19)17-11-7-15(2)8-12-17/h4-12H,3,13H2,1-2H3. The summed E-state index contributed by atoms with van der Waals surface area (Å²) >= 11 is 2.43. The summed E-state index contributed by atoms with van der Waals surface area (Å²) in [5.41, 5.74) is 6.57. The first-order valence-corrected chi connectivity index (χ1v) is 8.13. The molecule has 1 heteroatoms. The lowest BCUT2D eigenvalue weighted by molar-refractivity contribution is 1.27. The average Bonchev–Trinajstić information content (AvgIpc) is 2.43. The van der Waals surface area contributed by atoms with Crippen molar-refractivity contribution in [2.45, 2.75) is 20.3 Å². The summed E-state index contributed by atoms with van der Waals surface area (Å²) in [7, 11) is 0. The molecule has 0 unspecified atom stereocenters. The summed E-state index contributed by atoms with van der Waals surface area (Å²) in [6.07, 6.45) is 3.46. The first-order chi connectivity index (χ1) is 9.20. The lowest BCUT2D eigenvalue weighted by Crippen LogP contribution is -1.89. The summed E-state index contributed by atoms with van der Waals surface area (Å²) < 4.78 is 1.15. The van der Waals surface area contributed by atoms with Crippen LogP contribution in [-0.4, -0.2) is 4.43 Å². The summed E-state index contributed by atoms with van der Waals surface area (Å²) in [5, 5.41) is 0. The van der Waals surface area contributed by atoms with Gasteiger partial charge in [0.2, 0.25) is 0 Å². The largest absolute Gasteiger partial charge is 0.0860 e. The van der Waals surface area contributed by atoms with Crippen LogP contribution in [0.4, 0.5) is 0 Å². The second-order valence-electron chi connectivity index (χ2n) is 4.83. The van der Waals surface area contributed by atoms with Gasteiger partial charge in [-0.05, 0) is 37.0 Å². The van der Waals surface area contributed by atoms with Crippen molar-refractivity contribution in [2.24, 2.45) is 0 Å². The topological polar surface area (TPSA) is 0 Å². The van der Waals surface area contributed by atoms with Crippen molar-refractivity contribution >= 4 is 28.2 Å². The van der Waals surface area contributed by atoms with E-state index in [-0.39, 0.29) is 0 Å². The summed E-state index contributed by atoms with van der Waals surface area (Å²) in [6.45, 7) is 4.26. The number of rotatable bonds is 4. The van der Waals surface area contributed by atoms with Gasteiger partial charge in [0, 0.05) is 4.43 Å². The monoisotopic (exact) mass is 362 g/mol. The molecule has 0 bridgehead atoms. The van der Waals surface area contributed by atoms with Gasteiger partial charge in [-0.15, -0.1) is 0 Å². The van der Waals surface area contributed by atoms with Crippen LogP contribution in [0.5, 0.6) is 0 Å². The van der Waals surface area contributed by atoms with Crippen LogP contribution in [0.25, 0.3) is 5.57 Å². The number of halogens is 1. The van der Waals surface area contributed by atoms with Gasteiger partial charge in [0.1, 0.15) is 0 Å². The number of hydrogen-bond acceptors (Lipinski definition) is 0. The lowest BCUT2D eigenvalue weighted by atomic mass is 9.95. The maximum absolute atomic E-state index is 2.43.